The molecule has 1 fully saturated rings. The number of ether oxygens (including phenoxy) is 2. The van der Waals surface area contributed by atoms with E-state index in [9.17, 15) is 9.59 Å². The maximum absolute atomic E-state index is 12.9. The fraction of sp³-hybridized carbons (Fsp3) is 0.130. The number of carbonyl (C=O) groups is 2. The molecule has 29 heavy (non-hydrogen) atoms. The lowest BCUT2D eigenvalue weighted by atomic mass is 10.1. The number of hydrogen-bond acceptors (Lipinski definition) is 5. The molecule has 4 rings (SSSR count). The van der Waals surface area contributed by atoms with E-state index >= 15 is 0 Å². The van der Waals surface area contributed by atoms with Crippen molar-refractivity contribution < 1.29 is 19.1 Å². The summed E-state index contributed by atoms with van der Waals surface area (Å²) in [4.78, 5) is 27.0. The number of rotatable bonds is 5. The molecule has 0 saturated carbocycles. The molecule has 1 saturated heterocycles. The summed E-state index contributed by atoms with van der Waals surface area (Å²) < 4.78 is 10.5. The number of nitrogens with zero attached hydrogens (tertiary/aromatic N) is 1. The molecule has 5 nitrogen and oxygen atoms in total. The first-order chi connectivity index (χ1) is 14.1. The molecule has 0 bridgehead atoms. The van der Waals surface area contributed by atoms with E-state index in [1.165, 1.54) is 4.90 Å². The number of hydrogen-bond donors (Lipinski definition) is 0. The van der Waals surface area contributed by atoms with Gasteiger partial charge in [0.05, 0.1) is 25.7 Å². The van der Waals surface area contributed by atoms with Crippen LogP contribution >= 0.6 is 11.8 Å². The van der Waals surface area contributed by atoms with E-state index in [1.807, 2.05) is 42.5 Å². The van der Waals surface area contributed by atoms with Gasteiger partial charge in [-0.05, 0) is 57.9 Å². The van der Waals surface area contributed by atoms with E-state index in [0.29, 0.717) is 16.4 Å². The van der Waals surface area contributed by atoms with Crippen LogP contribution in [-0.4, -0.2) is 30.3 Å². The second kappa shape index (κ2) is 8.01. The Morgan fingerprint density at radius 3 is 2.28 bits per heavy atom. The number of benzene rings is 3. The van der Waals surface area contributed by atoms with Crippen LogP contribution in [0.4, 0.5) is 4.79 Å². The summed E-state index contributed by atoms with van der Waals surface area (Å²) in [5.41, 5.74) is 1.65. The van der Waals surface area contributed by atoms with Crippen molar-refractivity contribution in [3.05, 3.63) is 76.7 Å². The SMILES string of the molecule is COc1cc(/C=C2/SC(=O)N(Cc3ccc4ccccc4c3)C2=O)cc(OC)c1. The second-order valence-corrected chi connectivity index (χ2v) is 7.59. The molecule has 1 aliphatic heterocycles. The lowest BCUT2D eigenvalue weighted by Gasteiger charge is -2.13. The molecule has 0 radical (unpaired) electrons. The van der Waals surface area contributed by atoms with E-state index in [4.69, 9.17) is 9.47 Å². The molecule has 0 spiro atoms. The maximum atomic E-state index is 12.9. The number of thioether (sulfide) groups is 1. The van der Waals surface area contributed by atoms with Gasteiger partial charge in [0.1, 0.15) is 11.5 Å². The van der Waals surface area contributed by atoms with Crippen LogP contribution in [0, 0.1) is 0 Å². The highest BCUT2D eigenvalue weighted by Crippen LogP contribution is 2.34. The zero-order chi connectivity index (χ0) is 20.4. The quantitative estimate of drug-likeness (QED) is 0.553. The second-order valence-electron chi connectivity index (χ2n) is 6.60. The van der Waals surface area contributed by atoms with Crippen molar-refractivity contribution in [1.29, 1.82) is 0 Å². The first kappa shape index (κ1) is 19.1. The van der Waals surface area contributed by atoms with Crippen LogP contribution in [0.3, 0.4) is 0 Å². The highest BCUT2D eigenvalue weighted by molar-refractivity contribution is 8.18. The smallest absolute Gasteiger partial charge is 0.293 e. The third kappa shape index (κ3) is 3.98. The summed E-state index contributed by atoms with van der Waals surface area (Å²) in [5, 5.41) is 1.93. The van der Waals surface area contributed by atoms with Crippen molar-refractivity contribution in [2.24, 2.45) is 0 Å². The summed E-state index contributed by atoms with van der Waals surface area (Å²) in [7, 11) is 3.13. The predicted octanol–water partition coefficient (Wildman–Crippen LogP) is 5.09. The normalized spacial score (nSPS) is 15.4. The standard InChI is InChI=1S/C23H19NO4S/c1-27-19-10-16(11-20(13-19)28-2)12-21-22(25)24(23(26)29-21)14-15-7-8-17-5-3-4-6-18(17)9-15/h3-13H,14H2,1-2H3/b21-12+. The van der Waals surface area contributed by atoms with Crippen LogP contribution in [0.1, 0.15) is 11.1 Å². The van der Waals surface area contributed by atoms with Gasteiger partial charge in [-0.25, -0.2) is 0 Å². The van der Waals surface area contributed by atoms with Crippen molar-refractivity contribution in [2.75, 3.05) is 14.2 Å². The van der Waals surface area contributed by atoms with Crippen LogP contribution in [0.25, 0.3) is 16.8 Å². The third-order valence-corrected chi connectivity index (χ3v) is 5.61. The first-order valence-corrected chi connectivity index (χ1v) is 9.85. The molecule has 0 unspecified atom stereocenters. The number of methoxy groups -OCH3 is 2. The van der Waals surface area contributed by atoms with Crippen molar-refractivity contribution >= 4 is 39.8 Å². The van der Waals surface area contributed by atoms with Crippen molar-refractivity contribution in [1.82, 2.24) is 4.90 Å². The number of fused-ring (bicyclic) bond motifs is 1. The van der Waals surface area contributed by atoms with Gasteiger partial charge < -0.3 is 9.47 Å². The van der Waals surface area contributed by atoms with E-state index in [-0.39, 0.29) is 17.7 Å². The lowest BCUT2D eigenvalue weighted by molar-refractivity contribution is -0.123. The average molecular weight is 405 g/mol. The number of imide groups is 1. The third-order valence-electron chi connectivity index (χ3n) is 4.70. The molecular formula is C23H19NO4S. The molecule has 6 heteroatoms. The summed E-state index contributed by atoms with van der Waals surface area (Å²) in [5.74, 6) is 0.937. The minimum atomic E-state index is -0.296. The van der Waals surface area contributed by atoms with Crippen LogP contribution in [-0.2, 0) is 11.3 Å². The number of carbonyl (C=O) groups excluding carboxylic acids is 2. The topological polar surface area (TPSA) is 55.8 Å². The Balaban J connectivity index is 1.59. The van der Waals surface area contributed by atoms with Gasteiger partial charge in [0, 0.05) is 6.07 Å². The Hall–Kier alpha value is -3.25. The van der Waals surface area contributed by atoms with E-state index in [1.54, 1.807) is 38.5 Å². The van der Waals surface area contributed by atoms with Crippen LogP contribution in [0.15, 0.2) is 65.6 Å². The van der Waals surface area contributed by atoms with Crippen molar-refractivity contribution in [3.8, 4) is 11.5 Å². The van der Waals surface area contributed by atoms with Crippen molar-refractivity contribution in [2.45, 2.75) is 6.54 Å². The molecule has 0 aliphatic carbocycles. The average Bonchev–Trinajstić information content (AvgIpc) is 3.00. The Labute approximate surface area is 172 Å². The maximum Gasteiger partial charge on any atom is 0.293 e. The number of amides is 2. The molecule has 0 atom stereocenters. The fourth-order valence-corrected chi connectivity index (χ4v) is 4.06. The summed E-state index contributed by atoms with van der Waals surface area (Å²) in [6.07, 6.45) is 1.69. The molecule has 0 aromatic heterocycles. The summed E-state index contributed by atoms with van der Waals surface area (Å²) in [6, 6.07) is 19.3. The van der Waals surface area contributed by atoms with Crippen LogP contribution in [0.2, 0.25) is 0 Å². The summed E-state index contributed by atoms with van der Waals surface area (Å²) >= 11 is 0.943. The molecule has 2 amide bonds. The van der Waals surface area contributed by atoms with E-state index < -0.39 is 0 Å². The van der Waals surface area contributed by atoms with Crippen LogP contribution in [0.5, 0.6) is 11.5 Å². The van der Waals surface area contributed by atoms with Crippen LogP contribution < -0.4 is 9.47 Å². The molecule has 3 aromatic carbocycles. The highest BCUT2D eigenvalue weighted by atomic mass is 32.2. The Kier molecular flexibility index (Phi) is 5.27. The molecule has 3 aromatic rings. The van der Waals surface area contributed by atoms with Gasteiger partial charge in [0.15, 0.2) is 0 Å². The van der Waals surface area contributed by atoms with Gasteiger partial charge in [-0.15, -0.1) is 0 Å². The Bertz CT molecular complexity index is 1120. The highest BCUT2D eigenvalue weighted by Gasteiger charge is 2.35. The lowest BCUT2D eigenvalue weighted by Crippen LogP contribution is -2.27. The summed E-state index contributed by atoms with van der Waals surface area (Å²) in [6.45, 7) is 0.244. The predicted molar refractivity (Wildman–Crippen MR) is 115 cm³/mol. The molecular weight excluding hydrogens is 386 g/mol. The van der Waals surface area contributed by atoms with Gasteiger partial charge >= 0.3 is 0 Å². The Morgan fingerprint density at radius 1 is 0.897 bits per heavy atom. The van der Waals surface area contributed by atoms with Gasteiger partial charge in [0.2, 0.25) is 0 Å². The van der Waals surface area contributed by atoms with Crippen molar-refractivity contribution in [3.63, 3.8) is 0 Å². The molecule has 1 aliphatic rings. The fourth-order valence-electron chi connectivity index (χ4n) is 3.22. The van der Waals surface area contributed by atoms with Gasteiger partial charge in [0.25, 0.3) is 11.1 Å². The van der Waals surface area contributed by atoms with Gasteiger partial charge in [-0.1, -0.05) is 36.4 Å². The van der Waals surface area contributed by atoms with Gasteiger partial charge in [-0.3, -0.25) is 14.5 Å². The van der Waals surface area contributed by atoms with E-state index in [2.05, 4.69) is 0 Å². The molecule has 1 heterocycles. The zero-order valence-corrected chi connectivity index (χ0v) is 16.9. The first-order valence-electron chi connectivity index (χ1n) is 9.03. The monoisotopic (exact) mass is 405 g/mol. The molecule has 146 valence electrons. The minimum absolute atomic E-state index is 0.244. The largest absolute Gasteiger partial charge is 0.497 e. The zero-order valence-electron chi connectivity index (χ0n) is 16.0. The Morgan fingerprint density at radius 2 is 1.59 bits per heavy atom. The minimum Gasteiger partial charge on any atom is -0.497 e. The van der Waals surface area contributed by atoms with E-state index in [0.717, 1.165) is 33.7 Å². The van der Waals surface area contributed by atoms with Gasteiger partial charge in [-0.2, -0.15) is 0 Å². The molecule has 0 N–H and O–H groups in total.